The Balaban J connectivity index is 1.87. The summed E-state index contributed by atoms with van der Waals surface area (Å²) in [6.45, 7) is 0.855. The van der Waals surface area contributed by atoms with Gasteiger partial charge in [0.1, 0.15) is 0 Å². The van der Waals surface area contributed by atoms with Gasteiger partial charge in [0.15, 0.2) is 5.16 Å². The molecule has 1 N–H and O–H groups in total. The van der Waals surface area contributed by atoms with Gasteiger partial charge in [0, 0.05) is 19.0 Å². The number of thioether (sulfide) groups is 1. The average molecular weight is 317 g/mol. The van der Waals surface area contributed by atoms with Crippen molar-refractivity contribution in [3.63, 3.8) is 0 Å². The van der Waals surface area contributed by atoms with Crippen molar-refractivity contribution in [3.8, 4) is 0 Å². The molecule has 2 heterocycles. The van der Waals surface area contributed by atoms with Gasteiger partial charge in [0.25, 0.3) is 0 Å². The molecule has 0 saturated carbocycles. The van der Waals surface area contributed by atoms with Crippen LogP contribution in [-0.2, 0) is 20.2 Å². The minimum absolute atomic E-state index is 0.0240. The molecule has 7 heteroatoms. The minimum Gasteiger partial charge on any atom is -0.390 e. The molecule has 92 valence electrons. The molecule has 2 aromatic heterocycles. The Morgan fingerprint density at radius 1 is 1.47 bits per heavy atom. The average Bonchev–Trinajstić information content (AvgIpc) is 2.87. The van der Waals surface area contributed by atoms with Gasteiger partial charge < -0.3 is 9.67 Å². The Morgan fingerprint density at radius 2 is 2.29 bits per heavy atom. The minimum atomic E-state index is 0.0240. The number of aliphatic hydroxyl groups excluding tert-OH is 1. The molecule has 0 aliphatic rings. The lowest BCUT2D eigenvalue weighted by Crippen LogP contribution is -2.02. The molecule has 0 bridgehead atoms. The lowest BCUT2D eigenvalue weighted by atomic mass is 10.5. The number of halogens is 1. The van der Waals surface area contributed by atoms with E-state index in [1.54, 1.807) is 24.2 Å². The summed E-state index contributed by atoms with van der Waals surface area (Å²) < 4.78 is 4.78. The van der Waals surface area contributed by atoms with Crippen molar-refractivity contribution >= 4 is 27.7 Å². The van der Waals surface area contributed by atoms with Crippen LogP contribution in [0.1, 0.15) is 5.69 Å². The number of imidazole rings is 1. The van der Waals surface area contributed by atoms with Gasteiger partial charge in [-0.1, -0.05) is 11.8 Å². The number of hydrogen-bond donors (Lipinski definition) is 1. The van der Waals surface area contributed by atoms with Gasteiger partial charge in [-0.2, -0.15) is 5.10 Å². The Hall–Kier alpha value is -0.790. The fourth-order valence-corrected chi connectivity index (χ4v) is 2.62. The van der Waals surface area contributed by atoms with Crippen LogP contribution in [0.5, 0.6) is 0 Å². The maximum Gasteiger partial charge on any atom is 0.168 e. The van der Waals surface area contributed by atoms with Gasteiger partial charge in [-0.05, 0) is 15.9 Å². The molecule has 0 unspecified atom stereocenters. The summed E-state index contributed by atoms with van der Waals surface area (Å²) >= 11 is 5.01. The van der Waals surface area contributed by atoms with Crippen LogP contribution >= 0.6 is 27.7 Å². The standard InChI is InChI=1S/C10H13BrN4OS/c1-14-9(7-16)5-12-10(14)17-3-2-15-6-8(11)4-13-15/h4-6,16H,2-3,7H2,1H3. The van der Waals surface area contributed by atoms with Gasteiger partial charge in [-0.25, -0.2) is 4.98 Å². The van der Waals surface area contributed by atoms with E-state index in [1.165, 1.54) is 0 Å². The molecule has 0 aromatic carbocycles. The highest BCUT2D eigenvalue weighted by atomic mass is 79.9. The normalized spacial score (nSPS) is 11.0. The molecule has 0 atom stereocenters. The number of rotatable bonds is 5. The zero-order chi connectivity index (χ0) is 12.3. The molecule has 0 amide bonds. The lowest BCUT2D eigenvalue weighted by molar-refractivity contribution is 0.271. The Kier molecular flexibility index (Phi) is 4.25. The second-order valence-corrected chi connectivity index (χ2v) is 5.50. The van der Waals surface area contributed by atoms with Gasteiger partial charge >= 0.3 is 0 Å². The van der Waals surface area contributed by atoms with Crippen LogP contribution < -0.4 is 0 Å². The quantitative estimate of drug-likeness (QED) is 0.852. The van der Waals surface area contributed by atoms with Crippen LogP contribution in [0.25, 0.3) is 0 Å². The predicted octanol–water partition coefficient (Wildman–Crippen LogP) is 1.66. The Morgan fingerprint density at radius 3 is 2.88 bits per heavy atom. The van der Waals surface area contributed by atoms with Crippen molar-refractivity contribution in [1.82, 2.24) is 19.3 Å². The first-order chi connectivity index (χ1) is 8.20. The first kappa shape index (κ1) is 12.7. The fourth-order valence-electron chi connectivity index (χ4n) is 1.40. The van der Waals surface area contributed by atoms with Crippen LogP contribution in [0.4, 0.5) is 0 Å². The van der Waals surface area contributed by atoms with E-state index in [0.29, 0.717) is 0 Å². The van der Waals surface area contributed by atoms with Crippen molar-refractivity contribution in [2.75, 3.05) is 5.75 Å². The third-order valence-corrected chi connectivity index (χ3v) is 3.79. The Bertz CT molecular complexity index is 496. The van der Waals surface area contributed by atoms with Gasteiger partial charge in [0.05, 0.1) is 35.7 Å². The molecule has 5 nitrogen and oxygen atoms in total. The van der Waals surface area contributed by atoms with Crippen molar-refractivity contribution in [2.24, 2.45) is 7.05 Å². The molecule has 0 spiro atoms. The lowest BCUT2D eigenvalue weighted by Gasteiger charge is -2.04. The van der Waals surface area contributed by atoms with Crippen LogP contribution in [0.2, 0.25) is 0 Å². The molecule has 0 radical (unpaired) electrons. The van der Waals surface area contributed by atoms with Crippen molar-refractivity contribution < 1.29 is 5.11 Å². The van der Waals surface area contributed by atoms with E-state index in [4.69, 9.17) is 5.11 Å². The first-order valence-electron chi connectivity index (χ1n) is 5.13. The maximum atomic E-state index is 9.05. The van der Waals surface area contributed by atoms with Gasteiger partial charge in [0.2, 0.25) is 0 Å². The molecule has 2 rings (SSSR count). The smallest absolute Gasteiger partial charge is 0.168 e. The van der Waals surface area contributed by atoms with Crippen LogP contribution in [0.3, 0.4) is 0 Å². The van der Waals surface area contributed by atoms with E-state index in [0.717, 1.165) is 27.6 Å². The molecule has 17 heavy (non-hydrogen) atoms. The van der Waals surface area contributed by atoms with E-state index < -0.39 is 0 Å². The summed E-state index contributed by atoms with van der Waals surface area (Å²) in [5, 5.41) is 14.1. The van der Waals surface area contributed by atoms with E-state index in [2.05, 4.69) is 26.0 Å². The molecular formula is C10H13BrN4OS. The monoisotopic (exact) mass is 316 g/mol. The molecule has 0 aliphatic heterocycles. The number of nitrogens with zero attached hydrogens (tertiary/aromatic N) is 4. The topological polar surface area (TPSA) is 55.9 Å². The van der Waals surface area contributed by atoms with Gasteiger partial charge in [-0.15, -0.1) is 0 Å². The fraction of sp³-hybridized carbons (Fsp3) is 0.400. The summed E-state index contributed by atoms with van der Waals surface area (Å²) in [5.74, 6) is 0.893. The summed E-state index contributed by atoms with van der Waals surface area (Å²) in [4.78, 5) is 4.25. The highest BCUT2D eigenvalue weighted by Crippen LogP contribution is 2.17. The van der Waals surface area contributed by atoms with Crippen LogP contribution in [0.15, 0.2) is 28.2 Å². The SMILES string of the molecule is Cn1c(CO)cnc1SCCn1cc(Br)cn1. The zero-order valence-electron chi connectivity index (χ0n) is 9.38. The molecule has 0 fully saturated rings. The summed E-state index contributed by atoms with van der Waals surface area (Å²) in [7, 11) is 1.91. The number of hydrogen-bond acceptors (Lipinski definition) is 4. The van der Waals surface area contributed by atoms with E-state index in [-0.39, 0.29) is 6.61 Å². The van der Waals surface area contributed by atoms with Crippen LogP contribution in [-0.4, -0.2) is 30.2 Å². The summed E-state index contributed by atoms with van der Waals surface area (Å²) in [6.07, 6.45) is 5.42. The highest BCUT2D eigenvalue weighted by Gasteiger charge is 2.06. The second kappa shape index (κ2) is 5.70. The largest absolute Gasteiger partial charge is 0.390 e. The summed E-state index contributed by atoms with van der Waals surface area (Å²) in [6, 6.07) is 0. The van der Waals surface area contributed by atoms with E-state index in [9.17, 15) is 0 Å². The van der Waals surface area contributed by atoms with Crippen molar-refractivity contribution in [2.45, 2.75) is 18.3 Å². The first-order valence-corrected chi connectivity index (χ1v) is 6.91. The zero-order valence-corrected chi connectivity index (χ0v) is 11.8. The van der Waals surface area contributed by atoms with Crippen molar-refractivity contribution in [3.05, 3.63) is 28.8 Å². The summed E-state index contributed by atoms with van der Waals surface area (Å²) in [5.41, 5.74) is 0.828. The molecule has 0 saturated heterocycles. The van der Waals surface area contributed by atoms with E-state index >= 15 is 0 Å². The second-order valence-electron chi connectivity index (χ2n) is 3.52. The Labute approximate surface area is 112 Å². The van der Waals surface area contributed by atoms with Gasteiger partial charge in [-0.3, -0.25) is 4.68 Å². The predicted molar refractivity (Wildman–Crippen MR) is 69.8 cm³/mol. The molecular weight excluding hydrogens is 304 g/mol. The maximum absolute atomic E-state index is 9.05. The third-order valence-electron chi connectivity index (χ3n) is 2.36. The number of aromatic nitrogens is 4. The highest BCUT2D eigenvalue weighted by molar-refractivity contribution is 9.10. The number of aliphatic hydroxyl groups is 1. The number of aryl methyl sites for hydroxylation is 1. The third kappa shape index (κ3) is 3.11. The molecule has 2 aromatic rings. The van der Waals surface area contributed by atoms with Crippen molar-refractivity contribution in [1.29, 1.82) is 0 Å². The van der Waals surface area contributed by atoms with E-state index in [1.807, 2.05) is 22.5 Å². The van der Waals surface area contributed by atoms with Crippen LogP contribution in [0, 0.1) is 0 Å². The molecule has 0 aliphatic carbocycles.